The zero-order chi connectivity index (χ0) is 5.98. The Morgan fingerprint density at radius 1 is 1.62 bits per heavy atom. The molecule has 2 nitrogen and oxygen atoms in total. The third-order valence-electron chi connectivity index (χ3n) is 1.44. The van der Waals surface area contributed by atoms with E-state index in [9.17, 15) is 0 Å². The highest BCUT2D eigenvalue weighted by molar-refractivity contribution is 5.04. The number of hydrogen-bond acceptors (Lipinski definition) is 2. The van der Waals surface area contributed by atoms with E-state index in [1.54, 1.807) is 0 Å². The molecule has 0 aromatic carbocycles. The first kappa shape index (κ1) is 5.79. The van der Waals surface area contributed by atoms with Gasteiger partial charge in [-0.3, -0.25) is 0 Å². The van der Waals surface area contributed by atoms with E-state index in [0.29, 0.717) is 5.92 Å². The van der Waals surface area contributed by atoms with E-state index in [4.69, 9.17) is 10.8 Å². The molecule has 0 aromatic rings. The van der Waals surface area contributed by atoms with Crippen molar-refractivity contribution in [2.45, 2.75) is 12.5 Å². The minimum atomic E-state index is 0.187. The van der Waals surface area contributed by atoms with Crippen LogP contribution in [-0.2, 0) is 0 Å². The van der Waals surface area contributed by atoms with E-state index in [1.165, 1.54) is 0 Å². The molecule has 0 fully saturated rings. The third kappa shape index (κ3) is 1.08. The average Bonchev–Trinajstić information content (AvgIpc) is 2.14. The number of rotatable bonds is 1. The molecule has 0 bridgehead atoms. The van der Waals surface area contributed by atoms with Crippen LogP contribution in [0, 0.1) is 5.92 Å². The van der Waals surface area contributed by atoms with E-state index >= 15 is 0 Å². The van der Waals surface area contributed by atoms with Gasteiger partial charge in [-0.15, -0.1) is 0 Å². The van der Waals surface area contributed by atoms with Gasteiger partial charge in [-0.2, -0.15) is 0 Å². The van der Waals surface area contributed by atoms with Crippen molar-refractivity contribution >= 4 is 0 Å². The molecule has 2 atom stereocenters. The fraction of sp³-hybridized carbons (Fsp3) is 0.667. The Balaban J connectivity index is 2.34. The van der Waals surface area contributed by atoms with Crippen molar-refractivity contribution in [2.24, 2.45) is 11.7 Å². The molecule has 0 amide bonds. The summed E-state index contributed by atoms with van der Waals surface area (Å²) in [5.41, 5.74) is 5.50. The highest BCUT2D eigenvalue weighted by Crippen LogP contribution is 2.14. The Bertz CT molecular complexity index is 101. The van der Waals surface area contributed by atoms with E-state index in [2.05, 4.69) is 0 Å². The Morgan fingerprint density at radius 3 is 2.62 bits per heavy atom. The smallest absolute Gasteiger partial charge is 0.0494 e. The van der Waals surface area contributed by atoms with Gasteiger partial charge in [0, 0.05) is 18.6 Å². The van der Waals surface area contributed by atoms with Gasteiger partial charge in [0.15, 0.2) is 0 Å². The van der Waals surface area contributed by atoms with Crippen molar-refractivity contribution in [1.82, 2.24) is 0 Å². The summed E-state index contributed by atoms with van der Waals surface area (Å²) in [5, 5.41) is 8.58. The summed E-state index contributed by atoms with van der Waals surface area (Å²) >= 11 is 0. The summed E-state index contributed by atoms with van der Waals surface area (Å²) in [5.74, 6) is 0.324. The molecule has 46 valence electrons. The molecule has 1 rings (SSSR count). The van der Waals surface area contributed by atoms with Crippen LogP contribution in [0.1, 0.15) is 6.42 Å². The summed E-state index contributed by atoms with van der Waals surface area (Å²) in [6.45, 7) is 0.240. The van der Waals surface area contributed by atoms with E-state index in [0.717, 1.165) is 6.42 Å². The summed E-state index contributed by atoms with van der Waals surface area (Å²) in [7, 11) is 0. The van der Waals surface area contributed by atoms with Crippen LogP contribution in [0.2, 0.25) is 0 Å². The number of hydrogen-bond donors (Lipinski definition) is 2. The predicted octanol–water partition coefficient (Wildman–Crippen LogP) is -0.118. The van der Waals surface area contributed by atoms with Gasteiger partial charge in [-0.05, 0) is 6.42 Å². The minimum absolute atomic E-state index is 0.187. The lowest BCUT2D eigenvalue weighted by Gasteiger charge is -2.02. The van der Waals surface area contributed by atoms with Crippen molar-refractivity contribution in [3.63, 3.8) is 0 Å². The van der Waals surface area contributed by atoms with Crippen molar-refractivity contribution < 1.29 is 5.11 Å². The van der Waals surface area contributed by atoms with Gasteiger partial charge in [0.05, 0.1) is 0 Å². The fourth-order valence-electron chi connectivity index (χ4n) is 0.942. The van der Waals surface area contributed by atoms with Gasteiger partial charge in [0.1, 0.15) is 0 Å². The molecule has 0 spiro atoms. The third-order valence-corrected chi connectivity index (χ3v) is 1.44. The average molecular weight is 113 g/mol. The number of aliphatic hydroxyl groups is 1. The normalized spacial score (nSPS) is 36.2. The van der Waals surface area contributed by atoms with Gasteiger partial charge in [-0.25, -0.2) is 0 Å². The summed E-state index contributed by atoms with van der Waals surface area (Å²) in [6.07, 6.45) is 4.84. The number of aliphatic hydroxyl groups excluding tert-OH is 1. The monoisotopic (exact) mass is 113 g/mol. The van der Waals surface area contributed by atoms with Gasteiger partial charge in [0.25, 0.3) is 0 Å². The van der Waals surface area contributed by atoms with Gasteiger partial charge >= 0.3 is 0 Å². The molecule has 1 aliphatic carbocycles. The molecule has 1 unspecified atom stereocenters. The first-order valence-electron chi connectivity index (χ1n) is 2.87. The largest absolute Gasteiger partial charge is 0.396 e. The second-order valence-corrected chi connectivity index (χ2v) is 2.23. The van der Waals surface area contributed by atoms with Gasteiger partial charge in [0.2, 0.25) is 0 Å². The zero-order valence-corrected chi connectivity index (χ0v) is 4.75. The summed E-state index contributed by atoms with van der Waals surface area (Å²) < 4.78 is 0. The lowest BCUT2D eigenvalue weighted by atomic mass is 10.1. The molecular formula is C6H11NO. The van der Waals surface area contributed by atoms with Crippen LogP contribution in [-0.4, -0.2) is 17.8 Å². The fourth-order valence-corrected chi connectivity index (χ4v) is 0.942. The molecule has 0 radical (unpaired) electrons. The van der Waals surface area contributed by atoms with E-state index in [-0.39, 0.29) is 12.6 Å². The highest BCUT2D eigenvalue weighted by atomic mass is 16.3. The molecule has 8 heavy (non-hydrogen) atoms. The van der Waals surface area contributed by atoms with Crippen LogP contribution in [0.4, 0.5) is 0 Å². The second kappa shape index (κ2) is 2.29. The van der Waals surface area contributed by atoms with Crippen molar-refractivity contribution in [3.05, 3.63) is 12.2 Å². The lowest BCUT2D eigenvalue weighted by molar-refractivity contribution is 0.249. The zero-order valence-electron chi connectivity index (χ0n) is 4.75. The summed E-state index contributed by atoms with van der Waals surface area (Å²) in [6, 6.07) is 0.187. The molecule has 0 heterocycles. The SMILES string of the molecule is NC1C=C[C@H](CO)C1. The first-order chi connectivity index (χ1) is 3.83. The second-order valence-electron chi connectivity index (χ2n) is 2.23. The molecule has 0 saturated heterocycles. The highest BCUT2D eigenvalue weighted by Gasteiger charge is 2.13. The van der Waals surface area contributed by atoms with E-state index in [1.807, 2.05) is 12.2 Å². The maximum atomic E-state index is 8.58. The Morgan fingerprint density at radius 2 is 2.38 bits per heavy atom. The molecule has 0 aliphatic heterocycles. The van der Waals surface area contributed by atoms with Crippen LogP contribution in [0.25, 0.3) is 0 Å². The molecule has 1 aliphatic rings. The van der Waals surface area contributed by atoms with Crippen LogP contribution in [0.3, 0.4) is 0 Å². The van der Waals surface area contributed by atoms with Crippen LogP contribution in [0.5, 0.6) is 0 Å². The number of nitrogens with two attached hydrogens (primary N) is 1. The minimum Gasteiger partial charge on any atom is -0.396 e. The van der Waals surface area contributed by atoms with Crippen LogP contribution < -0.4 is 5.73 Å². The Kier molecular flexibility index (Phi) is 1.65. The quantitative estimate of drug-likeness (QED) is 0.466. The maximum absolute atomic E-state index is 8.58. The van der Waals surface area contributed by atoms with Crippen LogP contribution >= 0.6 is 0 Å². The Hall–Kier alpha value is -0.340. The predicted molar refractivity (Wildman–Crippen MR) is 32.3 cm³/mol. The summed E-state index contributed by atoms with van der Waals surface area (Å²) in [4.78, 5) is 0. The lowest BCUT2D eigenvalue weighted by Crippen LogP contribution is -2.15. The van der Waals surface area contributed by atoms with E-state index < -0.39 is 0 Å². The molecule has 2 heteroatoms. The van der Waals surface area contributed by atoms with Gasteiger partial charge in [-0.1, -0.05) is 12.2 Å². The van der Waals surface area contributed by atoms with Crippen molar-refractivity contribution in [2.75, 3.05) is 6.61 Å². The molecule has 0 saturated carbocycles. The standard InChI is InChI=1S/C6H11NO/c7-6-2-1-5(3-6)4-8/h1-2,5-6,8H,3-4,7H2/t5-,6?/m0/s1. The molecule has 0 aromatic heterocycles. The molecular weight excluding hydrogens is 102 g/mol. The van der Waals surface area contributed by atoms with Crippen molar-refractivity contribution in [1.29, 1.82) is 0 Å². The maximum Gasteiger partial charge on any atom is 0.0494 e. The van der Waals surface area contributed by atoms with Gasteiger partial charge < -0.3 is 10.8 Å². The van der Waals surface area contributed by atoms with Crippen molar-refractivity contribution in [3.8, 4) is 0 Å². The Labute approximate surface area is 49.0 Å². The first-order valence-corrected chi connectivity index (χ1v) is 2.87. The molecule has 3 N–H and O–H groups in total. The van der Waals surface area contributed by atoms with Crippen LogP contribution in [0.15, 0.2) is 12.2 Å². The topological polar surface area (TPSA) is 46.2 Å².